The maximum absolute atomic E-state index is 14.2. The molecule has 354 valence electrons. The number of aliphatic carboxylic acids is 4. The molecule has 0 saturated heterocycles. The topological polar surface area (TPSA) is 384 Å². The molecule has 0 spiro atoms. The van der Waals surface area contributed by atoms with Crippen LogP contribution in [-0.2, 0) is 64.0 Å². The van der Waals surface area contributed by atoms with Crippen LogP contribution in [0.2, 0.25) is 0 Å². The average molecular weight is 906 g/mol. The second kappa shape index (κ2) is 27.9. The van der Waals surface area contributed by atoms with Gasteiger partial charge in [0.15, 0.2) is 0 Å². The molecule has 23 heteroatoms. The second-order valence-corrected chi connectivity index (χ2v) is 15.4. The number of carbonyl (C=O) groups is 12. The molecule has 6 atom stereocenters. The van der Waals surface area contributed by atoms with Crippen LogP contribution in [0, 0.1) is 12.8 Å². The second-order valence-electron chi connectivity index (χ2n) is 15.4. The van der Waals surface area contributed by atoms with Crippen molar-refractivity contribution in [1.82, 2.24) is 31.9 Å². The number of nitrogens with one attached hydrogen (secondary N) is 6. The molecule has 0 aliphatic carbocycles. The van der Waals surface area contributed by atoms with Crippen LogP contribution in [0.15, 0.2) is 24.3 Å². The fraction of sp³-hybridized carbons (Fsp3) is 0.561. The van der Waals surface area contributed by atoms with E-state index in [-0.39, 0.29) is 25.2 Å². The number of hydrogen-bond acceptors (Lipinski definition) is 12. The SMILES string of the molecule is CCCCC(NC(=O)[C@H](CC(C)C)NC(=O)[C@H](CCC(=O)O)NC(=O)[C@H](Cc1ccccc1C)NC(=O)[C@H](CCC(=O)O)NC(=O)[C@H](CC(=O)O)NC(=O)CCC(=O)O)C(=O)C(N)=O. The zero-order valence-electron chi connectivity index (χ0n) is 36.1. The number of nitrogens with two attached hydrogens (primary N) is 1. The van der Waals surface area contributed by atoms with Crippen molar-refractivity contribution < 1.29 is 78.0 Å². The Bertz CT molecular complexity index is 1890. The lowest BCUT2D eigenvalue weighted by Crippen LogP contribution is -2.60. The fourth-order valence-corrected chi connectivity index (χ4v) is 6.13. The van der Waals surface area contributed by atoms with Gasteiger partial charge in [0, 0.05) is 25.7 Å². The molecule has 64 heavy (non-hydrogen) atoms. The summed E-state index contributed by atoms with van der Waals surface area (Å²) in [5.74, 6) is -14.7. The molecule has 0 radical (unpaired) electrons. The molecule has 1 aromatic rings. The number of carboxylic acid groups (broad SMARTS) is 4. The third-order valence-electron chi connectivity index (χ3n) is 9.54. The number of Topliss-reactive ketones (excluding diaryl/α,β-unsaturated/α-hetero) is 1. The van der Waals surface area contributed by atoms with E-state index < -0.39 is 152 Å². The zero-order valence-corrected chi connectivity index (χ0v) is 36.1. The van der Waals surface area contributed by atoms with Crippen molar-refractivity contribution in [3.8, 4) is 0 Å². The van der Waals surface area contributed by atoms with Gasteiger partial charge < -0.3 is 58.1 Å². The third kappa shape index (κ3) is 21.2. The van der Waals surface area contributed by atoms with Crippen molar-refractivity contribution in [2.45, 2.75) is 141 Å². The number of rotatable bonds is 31. The molecule has 0 fully saturated rings. The molecule has 0 heterocycles. The minimum atomic E-state index is -1.86. The van der Waals surface area contributed by atoms with Crippen LogP contribution in [-0.4, -0.2) is 128 Å². The monoisotopic (exact) mass is 905 g/mol. The van der Waals surface area contributed by atoms with Crippen LogP contribution >= 0.6 is 0 Å². The lowest BCUT2D eigenvalue weighted by atomic mass is 9.98. The number of primary amides is 1. The van der Waals surface area contributed by atoms with E-state index in [0.717, 1.165) is 0 Å². The van der Waals surface area contributed by atoms with Crippen molar-refractivity contribution in [2.24, 2.45) is 11.7 Å². The predicted octanol–water partition coefficient (Wildman–Crippen LogP) is -1.19. The number of unbranched alkanes of at least 4 members (excludes halogenated alkanes) is 1. The van der Waals surface area contributed by atoms with Gasteiger partial charge in [-0.3, -0.25) is 57.5 Å². The van der Waals surface area contributed by atoms with Crippen LogP contribution in [0.3, 0.4) is 0 Å². The van der Waals surface area contributed by atoms with Gasteiger partial charge in [0.05, 0.1) is 18.9 Å². The number of carbonyl (C=O) groups excluding carboxylic acids is 8. The van der Waals surface area contributed by atoms with Crippen LogP contribution in [0.4, 0.5) is 0 Å². The molecule has 1 rings (SSSR count). The predicted molar refractivity (Wildman–Crippen MR) is 223 cm³/mol. The Morgan fingerprint density at radius 1 is 0.547 bits per heavy atom. The minimum Gasteiger partial charge on any atom is -0.481 e. The fourth-order valence-electron chi connectivity index (χ4n) is 6.13. The zero-order chi connectivity index (χ0) is 48.7. The van der Waals surface area contributed by atoms with Gasteiger partial charge in [0.1, 0.15) is 30.2 Å². The van der Waals surface area contributed by atoms with Gasteiger partial charge in [-0.1, -0.05) is 57.9 Å². The van der Waals surface area contributed by atoms with Crippen molar-refractivity contribution in [3.05, 3.63) is 35.4 Å². The number of benzene rings is 1. The molecule has 0 aromatic heterocycles. The highest BCUT2D eigenvalue weighted by Gasteiger charge is 2.35. The van der Waals surface area contributed by atoms with Crippen molar-refractivity contribution in [2.75, 3.05) is 0 Å². The van der Waals surface area contributed by atoms with Crippen molar-refractivity contribution in [3.63, 3.8) is 0 Å². The number of amides is 7. The van der Waals surface area contributed by atoms with E-state index in [9.17, 15) is 72.9 Å². The van der Waals surface area contributed by atoms with E-state index in [2.05, 4.69) is 31.9 Å². The van der Waals surface area contributed by atoms with Crippen LogP contribution in [0.1, 0.15) is 103 Å². The van der Waals surface area contributed by atoms with Crippen LogP contribution < -0.4 is 37.6 Å². The van der Waals surface area contributed by atoms with E-state index in [4.69, 9.17) is 10.8 Å². The molecule has 0 aliphatic heterocycles. The van der Waals surface area contributed by atoms with Gasteiger partial charge in [0.2, 0.25) is 41.2 Å². The Morgan fingerprint density at radius 2 is 1.00 bits per heavy atom. The molecular weight excluding hydrogens is 846 g/mol. The summed E-state index contributed by atoms with van der Waals surface area (Å²) in [6, 6.07) is -3.02. The lowest BCUT2D eigenvalue weighted by molar-refractivity contribution is -0.142. The van der Waals surface area contributed by atoms with E-state index in [0.29, 0.717) is 24.0 Å². The number of ketones is 1. The number of hydrogen-bond donors (Lipinski definition) is 11. The van der Waals surface area contributed by atoms with Gasteiger partial charge in [-0.2, -0.15) is 0 Å². The first kappa shape index (κ1) is 55.1. The van der Waals surface area contributed by atoms with E-state index in [1.54, 1.807) is 45.0 Å². The summed E-state index contributed by atoms with van der Waals surface area (Å²) in [4.78, 5) is 151. The van der Waals surface area contributed by atoms with Gasteiger partial charge in [0.25, 0.3) is 5.91 Å². The van der Waals surface area contributed by atoms with Gasteiger partial charge in [-0.05, 0) is 49.7 Å². The van der Waals surface area contributed by atoms with Gasteiger partial charge in [-0.25, -0.2) is 0 Å². The molecular formula is C41H59N7O16. The standard InChI is InChI=1S/C41H59N7O16/c1-5-6-11-24(35(58)36(42)59)44-39(62)27(18-21(2)3)47-37(60)25(12-15-31(50)51)45-40(63)28(19-23-10-8-7-9-22(23)4)48-38(61)26(13-16-32(52)53)46-41(64)29(20-34(56)57)43-30(49)14-17-33(54)55/h7-10,21,24-29H,5-6,11-20H2,1-4H3,(H2,42,59)(H,43,49)(H,44,62)(H,45,63)(H,46,64)(H,47,60)(H,48,61)(H,50,51)(H,52,53)(H,54,55)(H,56,57)/t24?,25-,26-,27-,28-,29-/m0/s1. The van der Waals surface area contributed by atoms with Crippen LogP contribution in [0.5, 0.6) is 0 Å². The Balaban J connectivity index is 3.60. The Morgan fingerprint density at radius 3 is 1.47 bits per heavy atom. The summed E-state index contributed by atoms with van der Waals surface area (Å²) in [6.45, 7) is 6.93. The summed E-state index contributed by atoms with van der Waals surface area (Å²) >= 11 is 0. The van der Waals surface area contributed by atoms with E-state index >= 15 is 0 Å². The first-order valence-corrected chi connectivity index (χ1v) is 20.5. The largest absolute Gasteiger partial charge is 0.481 e. The molecule has 23 nitrogen and oxygen atoms in total. The maximum Gasteiger partial charge on any atom is 0.305 e. The summed E-state index contributed by atoms with van der Waals surface area (Å²) in [7, 11) is 0. The normalized spacial score (nSPS) is 13.6. The summed E-state index contributed by atoms with van der Waals surface area (Å²) in [6.07, 6.45) is -4.09. The number of aryl methyl sites for hydroxylation is 1. The lowest BCUT2D eigenvalue weighted by Gasteiger charge is -2.28. The molecule has 0 saturated carbocycles. The third-order valence-corrected chi connectivity index (χ3v) is 9.54. The Kier molecular flexibility index (Phi) is 24.0. The molecule has 7 amide bonds. The maximum atomic E-state index is 14.2. The van der Waals surface area contributed by atoms with Gasteiger partial charge in [-0.15, -0.1) is 0 Å². The Labute approximate surface area is 368 Å². The van der Waals surface area contributed by atoms with Crippen LogP contribution in [0.25, 0.3) is 0 Å². The summed E-state index contributed by atoms with van der Waals surface area (Å²) in [5, 5.41) is 51.2. The van der Waals surface area contributed by atoms with E-state index in [1.165, 1.54) is 0 Å². The molecule has 12 N–H and O–H groups in total. The van der Waals surface area contributed by atoms with E-state index in [1.807, 2.05) is 6.92 Å². The first-order valence-electron chi connectivity index (χ1n) is 20.5. The number of carboxylic acids is 4. The Hall–Kier alpha value is -6.94. The van der Waals surface area contributed by atoms with Crippen molar-refractivity contribution >= 4 is 71.0 Å². The summed E-state index contributed by atoms with van der Waals surface area (Å²) < 4.78 is 0. The highest BCUT2D eigenvalue weighted by atomic mass is 16.4. The highest BCUT2D eigenvalue weighted by Crippen LogP contribution is 2.13. The summed E-state index contributed by atoms with van der Waals surface area (Å²) in [5.41, 5.74) is 6.31. The van der Waals surface area contributed by atoms with Crippen molar-refractivity contribution in [1.29, 1.82) is 0 Å². The van der Waals surface area contributed by atoms with Gasteiger partial charge >= 0.3 is 23.9 Å². The quantitative estimate of drug-likeness (QED) is 0.0390. The first-order chi connectivity index (χ1) is 29.9. The smallest absolute Gasteiger partial charge is 0.305 e. The average Bonchev–Trinajstić information content (AvgIpc) is 3.20. The highest BCUT2D eigenvalue weighted by molar-refractivity contribution is 6.37. The minimum absolute atomic E-state index is 0.0167. The molecule has 0 aliphatic rings. The molecule has 1 aromatic carbocycles. The molecule has 1 unspecified atom stereocenters. The molecule has 0 bridgehead atoms.